The monoisotopic (exact) mass is 442 g/mol. The van der Waals surface area contributed by atoms with Crippen molar-refractivity contribution in [2.24, 2.45) is 7.05 Å². The van der Waals surface area contributed by atoms with Gasteiger partial charge in [-0.25, -0.2) is 9.67 Å². The molecule has 168 valence electrons. The molecule has 0 aliphatic carbocycles. The van der Waals surface area contributed by atoms with Crippen LogP contribution in [0.4, 0.5) is 0 Å². The number of benzene rings is 1. The van der Waals surface area contributed by atoms with E-state index >= 15 is 0 Å². The van der Waals surface area contributed by atoms with Crippen LogP contribution in [0.15, 0.2) is 67.1 Å². The van der Waals surface area contributed by atoms with Crippen LogP contribution in [0.25, 0.3) is 17.1 Å². The molecule has 1 aromatic carbocycles. The lowest BCUT2D eigenvalue weighted by atomic mass is 10.0. The van der Waals surface area contributed by atoms with Crippen LogP contribution in [0, 0.1) is 0 Å². The van der Waals surface area contributed by atoms with Gasteiger partial charge in [0.1, 0.15) is 5.69 Å². The highest BCUT2D eigenvalue weighted by Gasteiger charge is 2.19. The molecule has 0 unspecified atom stereocenters. The number of pyridine rings is 1. The largest absolute Gasteiger partial charge is 0.381 e. The number of hydrogen-bond acceptors (Lipinski definition) is 5. The van der Waals surface area contributed by atoms with Gasteiger partial charge in [-0.2, -0.15) is 10.2 Å². The number of rotatable bonds is 6. The first-order valence-electron chi connectivity index (χ1n) is 11.1. The van der Waals surface area contributed by atoms with E-state index in [2.05, 4.69) is 44.8 Å². The van der Waals surface area contributed by atoms with Gasteiger partial charge < -0.3 is 10.1 Å². The van der Waals surface area contributed by atoms with Gasteiger partial charge >= 0.3 is 0 Å². The smallest absolute Gasteiger partial charge is 0.270 e. The Bertz CT molecular complexity index is 1220. The van der Waals surface area contributed by atoms with Gasteiger partial charge in [-0.3, -0.25) is 9.48 Å². The van der Waals surface area contributed by atoms with Crippen molar-refractivity contribution in [1.82, 2.24) is 29.9 Å². The van der Waals surface area contributed by atoms with Crippen LogP contribution in [0.5, 0.6) is 0 Å². The molecule has 8 nitrogen and oxygen atoms in total. The molecule has 1 aliphatic rings. The molecule has 0 radical (unpaired) electrons. The van der Waals surface area contributed by atoms with Gasteiger partial charge in [0, 0.05) is 50.5 Å². The SMILES string of the molecule is Cn1ccc(-c2ccc(Cc3cc(C(=O)NC4CCOCC4)nc(-n4cccn4)c3)cc2)n1. The summed E-state index contributed by atoms with van der Waals surface area (Å²) in [5, 5.41) is 11.9. The van der Waals surface area contributed by atoms with Crippen LogP contribution in [0.3, 0.4) is 0 Å². The lowest BCUT2D eigenvalue weighted by Gasteiger charge is -2.23. The fraction of sp³-hybridized carbons (Fsp3) is 0.280. The number of carbonyl (C=O) groups is 1. The molecule has 1 aliphatic heterocycles. The highest BCUT2D eigenvalue weighted by Crippen LogP contribution is 2.20. The second kappa shape index (κ2) is 9.38. The third-order valence-corrected chi connectivity index (χ3v) is 5.77. The Morgan fingerprint density at radius 1 is 1.09 bits per heavy atom. The van der Waals surface area contributed by atoms with Crippen molar-refractivity contribution in [3.63, 3.8) is 0 Å². The molecule has 0 bridgehead atoms. The first kappa shape index (κ1) is 21.1. The molecule has 5 rings (SSSR count). The van der Waals surface area contributed by atoms with Gasteiger partial charge in [-0.15, -0.1) is 0 Å². The van der Waals surface area contributed by atoms with E-state index in [9.17, 15) is 4.79 Å². The number of ether oxygens (including phenoxy) is 1. The molecular weight excluding hydrogens is 416 g/mol. The number of aromatic nitrogens is 5. The molecule has 4 heterocycles. The maximum Gasteiger partial charge on any atom is 0.270 e. The standard InChI is InChI=1S/C25H26N6O2/c1-30-12-7-22(29-30)20-5-3-18(4-6-20)15-19-16-23(25(32)27-21-8-13-33-14-9-21)28-24(17-19)31-11-2-10-26-31/h2-7,10-12,16-17,21H,8-9,13-15H2,1H3,(H,27,32). The van der Waals surface area contributed by atoms with E-state index in [0.717, 1.165) is 35.2 Å². The van der Waals surface area contributed by atoms with Gasteiger partial charge in [0.05, 0.1) is 5.69 Å². The zero-order valence-corrected chi connectivity index (χ0v) is 18.5. The third kappa shape index (κ3) is 5.01. The van der Waals surface area contributed by atoms with Crippen LogP contribution >= 0.6 is 0 Å². The number of nitrogens with zero attached hydrogens (tertiary/aromatic N) is 5. The highest BCUT2D eigenvalue weighted by molar-refractivity contribution is 5.93. The molecule has 1 N–H and O–H groups in total. The van der Waals surface area contributed by atoms with E-state index in [1.807, 2.05) is 43.7 Å². The second-order valence-corrected chi connectivity index (χ2v) is 8.28. The Kier molecular flexibility index (Phi) is 5.99. The molecule has 1 fully saturated rings. The van der Waals surface area contributed by atoms with Crippen LogP contribution in [0.2, 0.25) is 0 Å². The summed E-state index contributed by atoms with van der Waals surface area (Å²) in [4.78, 5) is 17.6. The summed E-state index contributed by atoms with van der Waals surface area (Å²) in [6, 6.07) is 16.1. The molecule has 0 atom stereocenters. The summed E-state index contributed by atoms with van der Waals surface area (Å²) >= 11 is 0. The van der Waals surface area contributed by atoms with E-state index < -0.39 is 0 Å². The molecule has 4 aromatic rings. The Hall–Kier alpha value is -3.78. The molecule has 0 spiro atoms. The van der Waals surface area contributed by atoms with Crippen LogP contribution in [-0.2, 0) is 18.2 Å². The van der Waals surface area contributed by atoms with Gasteiger partial charge in [0.2, 0.25) is 0 Å². The van der Waals surface area contributed by atoms with Crippen molar-refractivity contribution < 1.29 is 9.53 Å². The van der Waals surface area contributed by atoms with Gasteiger partial charge in [0.15, 0.2) is 5.82 Å². The van der Waals surface area contributed by atoms with Crippen molar-refractivity contribution in [1.29, 1.82) is 0 Å². The molecule has 1 saturated heterocycles. The predicted octanol–water partition coefficient (Wildman–Crippen LogP) is 3.17. The molecule has 3 aromatic heterocycles. The van der Waals surface area contributed by atoms with Crippen molar-refractivity contribution in [2.45, 2.75) is 25.3 Å². The first-order chi connectivity index (χ1) is 16.1. The second-order valence-electron chi connectivity index (χ2n) is 8.28. The number of aryl methyl sites for hydroxylation is 1. The summed E-state index contributed by atoms with van der Waals surface area (Å²) in [5.74, 6) is 0.461. The Morgan fingerprint density at radius 3 is 2.61 bits per heavy atom. The van der Waals surface area contributed by atoms with Gasteiger partial charge in [-0.05, 0) is 54.7 Å². The summed E-state index contributed by atoms with van der Waals surface area (Å²) in [5.41, 5.74) is 4.56. The van der Waals surface area contributed by atoms with E-state index in [1.165, 1.54) is 0 Å². The van der Waals surface area contributed by atoms with E-state index in [-0.39, 0.29) is 11.9 Å². The minimum atomic E-state index is -0.164. The maximum absolute atomic E-state index is 13.0. The van der Waals surface area contributed by atoms with Crippen molar-refractivity contribution in [2.75, 3.05) is 13.2 Å². The van der Waals surface area contributed by atoms with E-state index in [4.69, 9.17) is 4.74 Å². The van der Waals surface area contributed by atoms with Crippen LogP contribution < -0.4 is 5.32 Å². The summed E-state index contributed by atoms with van der Waals surface area (Å²) in [6.45, 7) is 1.34. The summed E-state index contributed by atoms with van der Waals surface area (Å²) in [7, 11) is 1.91. The lowest BCUT2D eigenvalue weighted by molar-refractivity contribution is 0.0694. The van der Waals surface area contributed by atoms with Crippen molar-refractivity contribution in [3.8, 4) is 17.1 Å². The molecule has 0 saturated carbocycles. The average molecular weight is 443 g/mol. The van der Waals surface area contributed by atoms with E-state index in [1.54, 1.807) is 15.6 Å². The van der Waals surface area contributed by atoms with Crippen molar-refractivity contribution in [3.05, 3.63) is 83.9 Å². The van der Waals surface area contributed by atoms with Crippen LogP contribution in [0.1, 0.15) is 34.5 Å². The topological polar surface area (TPSA) is 86.9 Å². The number of amides is 1. The first-order valence-corrected chi connectivity index (χ1v) is 11.1. The number of nitrogens with one attached hydrogen (secondary N) is 1. The predicted molar refractivity (Wildman–Crippen MR) is 124 cm³/mol. The molecule has 33 heavy (non-hydrogen) atoms. The quantitative estimate of drug-likeness (QED) is 0.496. The summed E-state index contributed by atoms with van der Waals surface area (Å²) < 4.78 is 8.87. The van der Waals surface area contributed by atoms with Crippen LogP contribution in [-0.4, -0.2) is 49.7 Å². The fourth-order valence-corrected chi connectivity index (χ4v) is 4.01. The fourth-order valence-electron chi connectivity index (χ4n) is 4.01. The zero-order chi connectivity index (χ0) is 22.6. The van der Waals surface area contributed by atoms with Crippen molar-refractivity contribution >= 4 is 5.91 Å². The number of carbonyl (C=O) groups excluding carboxylic acids is 1. The Morgan fingerprint density at radius 2 is 1.91 bits per heavy atom. The lowest BCUT2D eigenvalue weighted by Crippen LogP contribution is -2.39. The minimum absolute atomic E-state index is 0.115. The number of hydrogen-bond donors (Lipinski definition) is 1. The maximum atomic E-state index is 13.0. The Labute approximate surface area is 192 Å². The van der Waals surface area contributed by atoms with Gasteiger partial charge in [-0.1, -0.05) is 24.3 Å². The van der Waals surface area contributed by atoms with Gasteiger partial charge in [0.25, 0.3) is 5.91 Å². The minimum Gasteiger partial charge on any atom is -0.381 e. The average Bonchev–Trinajstić information content (AvgIpc) is 3.52. The van der Waals surface area contributed by atoms with E-state index in [0.29, 0.717) is 31.1 Å². The summed E-state index contributed by atoms with van der Waals surface area (Å²) in [6.07, 6.45) is 7.78. The third-order valence-electron chi connectivity index (χ3n) is 5.77. The Balaban J connectivity index is 1.39. The molecule has 8 heteroatoms. The zero-order valence-electron chi connectivity index (χ0n) is 18.5. The highest BCUT2D eigenvalue weighted by atomic mass is 16.5. The normalized spacial score (nSPS) is 14.3. The molecular formula is C25H26N6O2. The molecule has 1 amide bonds.